The summed E-state index contributed by atoms with van der Waals surface area (Å²) < 4.78 is 12.5. The monoisotopic (exact) mass is 353 g/mol. The molecular weight excluding hydrogens is 330 g/mol. The van der Waals surface area contributed by atoms with Crippen molar-refractivity contribution >= 4 is 26.9 Å². The lowest BCUT2D eigenvalue weighted by molar-refractivity contribution is 0.128. The topological polar surface area (TPSA) is 34.4 Å². The second-order valence-corrected chi connectivity index (χ2v) is 6.24. The third kappa shape index (κ3) is 5.13. The lowest BCUT2D eigenvalue weighted by Gasteiger charge is -2.11. The van der Waals surface area contributed by atoms with Gasteiger partial charge >= 0.3 is 0 Å². The van der Waals surface area contributed by atoms with Crippen LogP contribution in [0.2, 0.25) is 0 Å². The van der Waals surface area contributed by atoms with E-state index in [1.807, 2.05) is 12.1 Å². The Bertz CT molecular complexity index is 553. The first kappa shape index (κ1) is 16.5. The van der Waals surface area contributed by atoms with Crippen LogP contribution in [-0.4, -0.2) is 19.8 Å². The van der Waals surface area contributed by atoms with Gasteiger partial charge < -0.3 is 14.5 Å². The molecule has 2 aromatic rings. The molecule has 116 valence electrons. The molecule has 0 aliphatic carbocycles. The highest BCUT2D eigenvalue weighted by Crippen LogP contribution is 2.26. The number of nitrogens with one attached hydrogen (secondary N) is 1. The summed E-state index contributed by atoms with van der Waals surface area (Å²) in [6, 6.07) is 8.40. The van der Waals surface area contributed by atoms with Crippen molar-refractivity contribution in [1.82, 2.24) is 5.32 Å². The number of furan rings is 1. The lowest BCUT2D eigenvalue weighted by atomic mass is 10.2. The van der Waals surface area contributed by atoms with Gasteiger partial charge in [-0.3, -0.25) is 0 Å². The van der Waals surface area contributed by atoms with Gasteiger partial charge in [-0.1, -0.05) is 29.3 Å². The first-order valence-electron chi connectivity index (χ1n) is 7.71. The van der Waals surface area contributed by atoms with Gasteiger partial charge in [-0.25, -0.2) is 0 Å². The lowest BCUT2D eigenvalue weighted by Crippen LogP contribution is -2.20. The zero-order valence-corrected chi connectivity index (χ0v) is 14.4. The summed E-state index contributed by atoms with van der Waals surface area (Å²) >= 11 is 3.48. The fourth-order valence-corrected chi connectivity index (χ4v) is 2.57. The number of fused-ring (bicyclic) bond motifs is 1. The normalized spacial score (nSPS) is 12.9. The van der Waals surface area contributed by atoms with Crippen molar-refractivity contribution in [2.45, 2.75) is 39.2 Å². The van der Waals surface area contributed by atoms with Crippen molar-refractivity contribution in [3.63, 3.8) is 0 Å². The maximum Gasteiger partial charge on any atom is 0.134 e. The molecule has 0 saturated carbocycles. The summed E-state index contributed by atoms with van der Waals surface area (Å²) in [6.45, 7) is 6.95. The van der Waals surface area contributed by atoms with Gasteiger partial charge in [0.15, 0.2) is 0 Å². The van der Waals surface area contributed by atoms with Crippen LogP contribution in [0, 0.1) is 0 Å². The SMILES string of the molecule is CCCCOCCCNC(C)c1cc2cc(Br)ccc2o1. The quantitative estimate of drug-likeness (QED) is 0.640. The molecule has 4 heteroatoms. The fraction of sp³-hybridized carbons (Fsp3) is 0.529. The van der Waals surface area contributed by atoms with Crippen LogP contribution in [0.4, 0.5) is 0 Å². The zero-order valence-electron chi connectivity index (χ0n) is 12.8. The predicted molar refractivity (Wildman–Crippen MR) is 90.7 cm³/mol. The van der Waals surface area contributed by atoms with E-state index in [0.29, 0.717) is 0 Å². The number of benzene rings is 1. The number of hydrogen-bond donors (Lipinski definition) is 1. The molecule has 0 radical (unpaired) electrons. The smallest absolute Gasteiger partial charge is 0.134 e. The minimum absolute atomic E-state index is 0.215. The van der Waals surface area contributed by atoms with Crippen molar-refractivity contribution in [3.05, 3.63) is 34.5 Å². The molecule has 1 aromatic carbocycles. The number of unbranched alkanes of at least 4 members (excludes halogenated alkanes) is 1. The van der Waals surface area contributed by atoms with Crippen LogP contribution in [0.25, 0.3) is 11.0 Å². The molecule has 0 saturated heterocycles. The first-order chi connectivity index (χ1) is 10.2. The van der Waals surface area contributed by atoms with E-state index >= 15 is 0 Å². The van der Waals surface area contributed by atoms with E-state index in [9.17, 15) is 0 Å². The average Bonchev–Trinajstić information content (AvgIpc) is 2.89. The van der Waals surface area contributed by atoms with Gasteiger partial charge in [0.05, 0.1) is 6.04 Å². The molecule has 1 atom stereocenters. The molecule has 0 bridgehead atoms. The predicted octanol–water partition coefficient (Wildman–Crippen LogP) is 5.05. The molecule has 1 aromatic heterocycles. The van der Waals surface area contributed by atoms with E-state index in [-0.39, 0.29) is 6.04 Å². The highest BCUT2D eigenvalue weighted by atomic mass is 79.9. The van der Waals surface area contributed by atoms with E-state index < -0.39 is 0 Å². The number of ether oxygens (including phenoxy) is 1. The molecule has 2 rings (SSSR count). The Balaban J connectivity index is 1.75. The Kier molecular flexibility index (Phi) is 6.74. The standard InChI is InChI=1S/C17H24BrNO2/c1-3-4-9-20-10-5-8-19-13(2)17-12-14-11-15(18)6-7-16(14)21-17/h6-7,11-13,19H,3-5,8-10H2,1-2H3. The van der Waals surface area contributed by atoms with Crippen LogP contribution < -0.4 is 5.32 Å². The van der Waals surface area contributed by atoms with Crippen molar-refractivity contribution in [3.8, 4) is 0 Å². The number of hydrogen-bond acceptors (Lipinski definition) is 3. The average molecular weight is 354 g/mol. The van der Waals surface area contributed by atoms with E-state index in [1.54, 1.807) is 0 Å². The second-order valence-electron chi connectivity index (χ2n) is 5.33. The van der Waals surface area contributed by atoms with E-state index in [2.05, 4.69) is 47.2 Å². The zero-order chi connectivity index (χ0) is 15.1. The molecule has 0 aliphatic heterocycles. The van der Waals surface area contributed by atoms with Crippen LogP contribution in [0.3, 0.4) is 0 Å². The molecular formula is C17H24BrNO2. The summed E-state index contributed by atoms with van der Waals surface area (Å²) in [6.07, 6.45) is 3.37. The van der Waals surface area contributed by atoms with Gasteiger partial charge in [-0.15, -0.1) is 0 Å². The van der Waals surface area contributed by atoms with Crippen LogP contribution in [0.5, 0.6) is 0 Å². The van der Waals surface area contributed by atoms with Gasteiger partial charge in [0, 0.05) is 23.1 Å². The van der Waals surface area contributed by atoms with Crippen molar-refractivity contribution in [2.75, 3.05) is 19.8 Å². The summed E-state index contributed by atoms with van der Waals surface area (Å²) in [5, 5.41) is 4.62. The Hall–Kier alpha value is -0.840. The van der Waals surface area contributed by atoms with E-state index in [0.717, 1.165) is 53.8 Å². The van der Waals surface area contributed by atoms with Crippen LogP contribution in [-0.2, 0) is 4.74 Å². The van der Waals surface area contributed by atoms with Gasteiger partial charge in [0.25, 0.3) is 0 Å². The molecule has 1 heterocycles. The third-order valence-corrected chi connectivity index (χ3v) is 3.98. The maximum absolute atomic E-state index is 5.88. The maximum atomic E-state index is 5.88. The van der Waals surface area contributed by atoms with Gasteiger partial charge in [0.1, 0.15) is 11.3 Å². The van der Waals surface area contributed by atoms with E-state index in [4.69, 9.17) is 9.15 Å². The summed E-state index contributed by atoms with van der Waals surface area (Å²) in [7, 11) is 0. The Morgan fingerprint density at radius 2 is 2.05 bits per heavy atom. The fourth-order valence-electron chi connectivity index (χ4n) is 2.19. The van der Waals surface area contributed by atoms with Crippen LogP contribution >= 0.6 is 15.9 Å². The molecule has 1 N–H and O–H groups in total. The molecule has 0 spiro atoms. The van der Waals surface area contributed by atoms with Gasteiger partial charge in [0.2, 0.25) is 0 Å². The largest absolute Gasteiger partial charge is 0.459 e. The van der Waals surface area contributed by atoms with Crippen molar-refractivity contribution in [2.24, 2.45) is 0 Å². The number of halogens is 1. The minimum atomic E-state index is 0.215. The molecule has 21 heavy (non-hydrogen) atoms. The molecule has 0 fully saturated rings. The number of rotatable bonds is 9. The van der Waals surface area contributed by atoms with Crippen LogP contribution in [0.1, 0.15) is 44.9 Å². The Labute approximate surface area is 135 Å². The van der Waals surface area contributed by atoms with Crippen LogP contribution in [0.15, 0.2) is 33.2 Å². The summed E-state index contributed by atoms with van der Waals surface area (Å²) in [5.41, 5.74) is 0.935. The Morgan fingerprint density at radius 1 is 1.24 bits per heavy atom. The molecule has 3 nitrogen and oxygen atoms in total. The third-order valence-electron chi connectivity index (χ3n) is 3.48. The minimum Gasteiger partial charge on any atom is -0.459 e. The second kappa shape index (κ2) is 8.57. The molecule has 1 unspecified atom stereocenters. The highest BCUT2D eigenvalue weighted by molar-refractivity contribution is 9.10. The highest BCUT2D eigenvalue weighted by Gasteiger charge is 2.10. The van der Waals surface area contributed by atoms with E-state index in [1.165, 1.54) is 6.42 Å². The van der Waals surface area contributed by atoms with Crippen molar-refractivity contribution < 1.29 is 9.15 Å². The molecule has 0 amide bonds. The summed E-state index contributed by atoms with van der Waals surface area (Å²) in [4.78, 5) is 0. The van der Waals surface area contributed by atoms with Gasteiger partial charge in [-0.05, 0) is 50.6 Å². The van der Waals surface area contributed by atoms with Gasteiger partial charge in [-0.2, -0.15) is 0 Å². The first-order valence-corrected chi connectivity index (χ1v) is 8.50. The summed E-state index contributed by atoms with van der Waals surface area (Å²) in [5.74, 6) is 0.981. The van der Waals surface area contributed by atoms with Crippen molar-refractivity contribution in [1.29, 1.82) is 0 Å². The Morgan fingerprint density at radius 3 is 2.86 bits per heavy atom. The molecule has 0 aliphatic rings.